The summed E-state index contributed by atoms with van der Waals surface area (Å²) >= 11 is 0. The highest BCUT2D eigenvalue weighted by Gasteiger charge is 2.27. The van der Waals surface area contributed by atoms with Gasteiger partial charge in [-0.2, -0.15) is 4.31 Å². The molecule has 0 radical (unpaired) electrons. The molecule has 0 amide bonds. The number of nitrogens with one attached hydrogen (secondary N) is 1. The molecule has 0 saturated carbocycles. The fraction of sp³-hybridized carbons (Fsp3) is 0.250. The van der Waals surface area contributed by atoms with Crippen molar-refractivity contribution in [3.8, 4) is 0 Å². The Morgan fingerprint density at radius 1 is 0.792 bits per heavy atom. The topological polar surface area (TPSA) is 83.5 Å². The smallest absolute Gasteiger partial charge is 0.261 e. The van der Waals surface area contributed by atoms with Crippen LogP contribution in [0.5, 0.6) is 0 Å². The van der Waals surface area contributed by atoms with E-state index in [1.54, 1.807) is 18.2 Å². The van der Waals surface area contributed by atoms with Crippen LogP contribution < -0.4 is 4.72 Å². The quantitative estimate of drug-likeness (QED) is 0.880. The molecule has 1 saturated heterocycles. The molecule has 3 rings (SSSR count). The summed E-state index contributed by atoms with van der Waals surface area (Å²) in [5.41, 5.74) is 0.221. The third-order valence-electron chi connectivity index (χ3n) is 3.84. The molecular formula is C16H18N2O4S2. The fourth-order valence-corrected chi connectivity index (χ4v) is 5.25. The van der Waals surface area contributed by atoms with E-state index in [1.165, 1.54) is 40.7 Å². The molecule has 0 spiro atoms. The zero-order valence-electron chi connectivity index (χ0n) is 12.9. The summed E-state index contributed by atoms with van der Waals surface area (Å²) in [5, 5.41) is 0. The molecule has 6 nitrogen and oxygen atoms in total. The molecule has 24 heavy (non-hydrogen) atoms. The first-order chi connectivity index (χ1) is 11.4. The standard InChI is InChI=1S/C16H18N2O4S2/c19-23(20,15-8-2-1-3-9-15)17-14-7-6-10-16(13-14)24(21,22)18-11-4-5-12-18/h1-3,6-10,13,17H,4-5,11-12H2. The maximum atomic E-state index is 12.6. The number of rotatable bonds is 5. The van der Waals surface area contributed by atoms with E-state index < -0.39 is 20.0 Å². The minimum Gasteiger partial charge on any atom is -0.280 e. The number of nitrogens with zero attached hydrogens (tertiary/aromatic N) is 1. The summed E-state index contributed by atoms with van der Waals surface area (Å²) in [6.07, 6.45) is 1.69. The molecule has 2 aromatic rings. The molecule has 1 aliphatic heterocycles. The molecule has 0 unspecified atom stereocenters. The highest BCUT2D eigenvalue weighted by molar-refractivity contribution is 7.92. The number of benzene rings is 2. The van der Waals surface area contributed by atoms with E-state index in [9.17, 15) is 16.8 Å². The molecular weight excluding hydrogens is 348 g/mol. The Kier molecular flexibility index (Phi) is 4.62. The lowest BCUT2D eigenvalue weighted by Gasteiger charge is -2.16. The van der Waals surface area contributed by atoms with E-state index in [-0.39, 0.29) is 15.5 Å². The molecule has 1 aliphatic rings. The van der Waals surface area contributed by atoms with Crippen LogP contribution in [-0.2, 0) is 20.0 Å². The Labute approximate surface area is 142 Å². The van der Waals surface area contributed by atoms with Gasteiger partial charge in [0.15, 0.2) is 0 Å². The van der Waals surface area contributed by atoms with Crippen LogP contribution in [0.1, 0.15) is 12.8 Å². The van der Waals surface area contributed by atoms with Crippen LogP contribution in [0, 0.1) is 0 Å². The molecule has 0 bridgehead atoms. The molecule has 1 N–H and O–H groups in total. The molecule has 0 aromatic heterocycles. The van der Waals surface area contributed by atoms with Crippen molar-refractivity contribution in [2.45, 2.75) is 22.6 Å². The van der Waals surface area contributed by atoms with Crippen LogP contribution in [0.25, 0.3) is 0 Å². The first-order valence-electron chi connectivity index (χ1n) is 7.58. The van der Waals surface area contributed by atoms with Gasteiger partial charge < -0.3 is 0 Å². The molecule has 1 heterocycles. The lowest BCUT2D eigenvalue weighted by atomic mass is 10.3. The van der Waals surface area contributed by atoms with Gasteiger partial charge in [0.2, 0.25) is 10.0 Å². The Morgan fingerprint density at radius 2 is 1.42 bits per heavy atom. The average molecular weight is 366 g/mol. The van der Waals surface area contributed by atoms with Crippen LogP contribution in [0.15, 0.2) is 64.4 Å². The minimum atomic E-state index is -3.75. The normalized spacial score (nSPS) is 16.2. The molecule has 0 aliphatic carbocycles. The molecule has 1 fully saturated rings. The second-order valence-electron chi connectivity index (χ2n) is 5.56. The van der Waals surface area contributed by atoms with Gasteiger partial charge in [0, 0.05) is 13.1 Å². The predicted octanol–water partition coefficient (Wildman–Crippen LogP) is 2.27. The summed E-state index contributed by atoms with van der Waals surface area (Å²) in [4.78, 5) is 0.218. The van der Waals surface area contributed by atoms with Crippen LogP contribution in [-0.4, -0.2) is 34.2 Å². The van der Waals surface area contributed by atoms with Crippen LogP contribution in [0.2, 0.25) is 0 Å². The van der Waals surface area contributed by atoms with Crippen LogP contribution in [0.4, 0.5) is 5.69 Å². The van der Waals surface area contributed by atoms with Gasteiger partial charge in [-0.05, 0) is 43.2 Å². The molecule has 0 atom stereocenters. The summed E-state index contributed by atoms with van der Waals surface area (Å²) in [6.45, 7) is 1.00. The monoisotopic (exact) mass is 366 g/mol. The summed E-state index contributed by atoms with van der Waals surface area (Å²) in [5.74, 6) is 0. The number of sulfonamides is 2. The fourth-order valence-electron chi connectivity index (χ4n) is 2.61. The van der Waals surface area contributed by atoms with E-state index in [0.29, 0.717) is 13.1 Å². The van der Waals surface area contributed by atoms with Gasteiger partial charge in [-0.3, -0.25) is 4.72 Å². The van der Waals surface area contributed by atoms with Crippen molar-refractivity contribution in [1.82, 2.24) is 4.31 Å². The minimum absolute atomic E-state index is 0.0951. The van der Waals surface area contributed by atoms with Crippen molar-refractivity contribution >= 4 is 25.7 Å². The maximum Gasteiger partial charge on any atom is 0.261 e. The molecule has 128 valence electrons. The van der Waals surface area contributed by atoms with Crippen molar-refractivity contribution in [1.29, 1.82) is 0 Å². The third-order valence-corrected chi connectivity index (χ3v) is 7.13. The van der Waals surface area contributed by atoms with Gasteiger partial charge >= 0.3 is 0 Å². The van der Waals surface area contributed by atoms with Crippen molar-refractivity contribution in [2.75, 3.05) is 17.8 Å². The first-order valence-corrected chi connectivity index (χ1v) is 10.5. The number of hydrogen-bond acceptors (Lipinski definition) is 4. The lowest BCUT2D eigenvalue weighted by molar-refractivity contribution is 0.477. The van der Waals surface area contributed by atoms with E-state index in [2.05, 4.69) is 4.72 Å². The van der Waals surface area contributed by atoms with Crippen molar-refractivity contribution < 1.29 is 16.8 Å². The van der Waals surface area contributed by atoms with Crippen molar-refractivity contribution in [2.24, 2.45) is 0 Å². The zero-order chi connectivity index (χ0) is 17.2. The first kappa shape index (κ1) is 16.9. The second-order valence-corrected chi connectivity index (χ2v) is 9.18. The number of hydrogen-bond donors (Lipinski definition) is 1. The summed E-state index contributed by atoms with van der Waals surface area (Å²) in [7, 11) is -7.34. The van der Waals surface area contributed by atoms with Gasteiger partial charge in [0.25, 0.3) is 10.0 Å². The zero-order valence-corrected chi connectivity index (χ0v) is 14.6. The lowest BCUT2D eigenvalue weighted by Crippen LogP contribution is -2.27. The van der Waals surface area contributed by atoms with Gasteiger partial charge in [-0.1, -0.05) is 24.3 Å². The van der Waals surface area contributed by atoms with Crippen molar-refractivity contribution in [3.05, 3.63) is 54.6 Å². The largest absolute Gasteiger partial charge is 0.280 e. The average Bonchev–Trinajstić information content (AvgIpc) is 3.11. The van der Waals surface area contributed by atoms with E-state index in [1.807, 2.05) is 0 Å². The third kappa shape index (κ3) is 3.45. The highest BCUT2D eigenvalue weighted by atomic mass is 32.2. The predicted molar refractivity (Wildman–Crippen MR) is 91.7 cm³/mol. The van der Waals surface area contributed by atoms with Crippen molar-refractivity contribution in [3.63, 3.8) is 0 Å². The summed E-state index contributed by atoms with van der Waals surface area (Å²) < 4.78 is 53.7. The van der Waals surface area contributed by atoms with Gasteiger partial charge in [-0.25, -0.2) is 16.8 Å². The van der Waals surface area contributed by atoms with Gasteiger partial charge in [0.05, 0.1) is 15.5 Å². The summed E-state index contributed by atoms with van der Waals surface area (Å²) in [6, 6.07) is 13.8. The Balaban J connectivity index is 1.89. The van der Waals surface area contributed by atoms with E-state index >= 15 is 0 Å². The highest BCUT2D eigenvalue weighted by Crippen LogP contribution is 2.24. The van der Waals surface area contributed by atoms with E-state index in [0.717, 1.165) is 12.8 Å². The SMILES string of the molecule is O=S(=O)(Nc1cccc(S(=O)(=O)N2CCCC2)c1)c1ccccc1. The number of anilines is 1. The molecule has 8 heteroatoms. The second kappa shape index (κ2) is 6.54. The Hall–Kier alpha value is -1.90. The van der Waals surface area contributed by atoms with Gasteiger partial charge in [-0.15, -0.1) is 0 Å². The van der Waals surface area contributed by atoms with Crippen LogP contribution >= 0.6 is 0 Å². The maximum absolute atomic E-state index is 12.6. The molecule has 2 aromatic carbocycles. The van der Waals surface area contributed by atoms with Crippen LogP contribution in [0.3, 0.4) is 0 Å². The van der Waals surface area contributed by atoms with Gasteiger partial charge in [0.1, 0.15) is 0 Å². The Morgan fingerprint density at radius 3 is 2.08 bits per heavy atom. The Bertz CT molecular complexity index is 920. The van der Waals surface area contributed by atoms with E-state index in [4.69, 9.17) is 0 Å².